The third kappa shape index (κ3) is 2.92. The summed E-state index contributed by atoms with van der Waals surface area (Å²) >= 11 is 0. The highest BCUT2D eigenvalue weighted by atomic mass is 35.5. The molecule has 0 radical (unpaired) electrons. The number of halogens is 1. The largest absolute Gasteiger partial charge is 0.339 e. The molecular weight excluding hydrogens is 260 g/mol. The summed E-state index contributed by atoms with van der Waals surface area (Å²) < 4.78 is 0. The fraction of sp³-hybridized carbons (Fsp3) is 0.933. The average molecular weight is 287 g/mol. The molecule has 2 N–H and O–H groups in total. The van der Waals surface area contributed by atoms with Crippen LogP contribution in [0.15, 0.2) is 0 Å². The molecule has 1 aliphatic heterocycles. The Hall–Kier alpha value is -0.280. The van der Waals surface area contributed by atoms with Crippen molar-refractivity contribution >= 4 is 18.3 Å². The normalized spacial score (nSPS) is 32.2. The lowest BCUT2D eigenvalue weighted by molar-refractivity contribution is -0.135. The van der Waals surface area contributed by atoms with Gasteiger partial charge in [-0.05, 0) is 50.0 Å². The van der Waals surface area contributed by atoms with Crippen LogP contribution in [0.5, 0.6) is 0 Å². The number of carbonyl (C=O) groups excluding carboxylic acids is 1. The van der Waals surface area contributed by atoms with Crippen LogP contribution >= 0.6 is 12.4 Å². The predicted molar refractivity (Wildman–Crippen MR) is 79.3 cm³/mol. The lowest BCUT2D eigenvalue weighted by Gasteiger charge is -2.38. The number of fused-ring (bicyclic) bond motifs is 2. The molecule has 2 atom stereocenters. The van der Waals surface area contributed by atoms with Crippen molar-refractivity contribution in [1.82, 2.24) is 4.90 Å². The van der Waals surface area contributed by atoms with Crippen molar-refractivity contribution in [2.45, 2.75) is 63.8 Å². The number of piperidine rings is 1. The molecule has 2 bridgehead atoms. The summed E-state index contributed by atoms with van der Waals surface area (Å²) in [7, 11) is 0. The van der Waals surface area contributed by atoms with Crippen molar-refractivity contribution in [2.75, 3.05) is 13.1 Å². The molecule has 1 heterocycles. The van der Waals surface area contributed by atoms with E-state index < -0.39 is 0 Å². The summed E-state index contributed by atoms with van der Waals surface area (Å²) in [4.78, 5) is 14.7. The van der Waals surface area contributed by atoms with E-state index in [-0.39, 0.29) is 17.8 Å². The van der Waals surface area contributed by atoms with Crippen LogP contribution in [0, 0.1) is 11.3 Å². The monoisotopic (exact) mass is 286 g/mol. The number of hydrogen-bond donors (Lipinski definition) is 1. The molecule has 0 spiro atoms. The van der Waals surface area contributed by atoms with Crippen LogP contribution in [0.3, 0.4) is 0 Å². The third-order valence-corrected chi connectivity index (χ3v) is 5.60. The SMILES string of the molecule is Cl.NCC1(CC(=O)N2CC3CCC2C3)CCCCC1. The number of amides is 1. The Morgan fingerprint density at radius 1 is 1.21 bits per heavy atom. The van der Waals surface area contributed by atoms with Crippen molar-refractivity contribution in [2.24, 2.45) is 17.1 Å². The molecule has 2 saturated carbocycles. The summed E-state index contributed by atoms with van der Waals surface area (Å²) in [6, 6.07) is 0.570. The molecular formula is C15H27ClN2O. The van der Waals surface area contributed by atoms with Gasteiger partial charge in [0.1, 0.15) is 0 Å². The Morgan fingerprint density at radius 2 is 1.95 bits per heavy atom. The Balaban J connectivity index is 0.00000133. The van der Waals surface area contributed by atoms with Crippen molar-refractivity contribution in [3.8, 4) is 0 Å². The number of nitrogens with zero attached hydrogens (tertiary/aromatic N) is 1. The molecule has 0 aromatic heterocycles. The van der Waals surface area contributed by atoms with Gasteiger partial charge in [0.25, 0.3) is 0 Å². The van der Waals surface area contributed by atoms with Crippen molar-refractivity contribution < 1.29 is 4.79 Å². The van der Waals surface area contributed by atoms with Crippen molar-refractivity contribution in [1.29, 1.82) is 0 Å². The first-order valence-electron chi connectivity index (χ1n) is 7.72. The topological polar surface area (TPSA) is 46.3 Å². The predicted octanol–water partition coefficient (Wildman–Crippen LogP) is 2.72. The maximum Gasteiger partial charge on any atom is 0.223 e. The molecule has 0 aromatic carbocycles. The maximum atomic E-state index is 12.5. The van der Waals surface area contributed by atoms with Gasteiger partial charge >= 0.3 is 0 Å². The van der Waals surface area contributed by atoms with Gasteiger partial charge in [-0.15, -0.1) is 12.4 Å². The molecule has 2 unspecified atom stereocenters. The van der Waals surface area contributed by atoms with Gasteiger partial charge in [-0.3, -0.25) is 4.79 Å². The first-order valence-corrected chi connectivity index (χ1v) is 7.72. The number of likely N-dealkylation sites (tertiary alicyclic amines) is 1. The highest BCUT2D eigenvalue weighted by Gasteiger charge is 2.42. The zero-order valence-corrected chi connectivity index (χ0v) is 12.6. The van der Waals surface area contributed by atoms with Gasteiger partial charge in [-0.25, -0.2) is 0 Å². The van der Waals surface area contributed by atoms with E-state index in [1.807, 2.05) is 0 Å². The Bertz CT molecular complexity index is 328. The van der Waals surface area contributed by atoms with Crippen molar-refractivity contribution in [3.05, 3.63) is 0 Å². The second-order valence-electron chi connectivity index (χ2n) is 6.82. The Kier molecular flexibility index (Phi) is 4.78. The summed E-state index contributed by atoms with van der Waals surface area (Å²) in [5.41, 5.74) is 6.13. The van der Waals surface area contributed by atoms with E-state index in [9.17, 15) is 4.79 Å². The van der Waals surface area contributed by atoms with Crippen molar-refractivity contribution in [3.63, 3.8) is 0 Å². The molecule has 0 aromatic rings. The first-order chi connectivity index (χ1) is 8.72. The molecule has 4 heteroatoms. The minimum absolute atomic E-state index is 0. The van der Waals surface area contributed by atoms with Crippen LogP contribution in [0.1, 0.15) is 57.8 Å². The molecule has 1 amide bonds. The second-order valence-corrected chi connectivity index (χ2v) is 6.82. The lowest BCUT2D eigenvalue weighted by atomic mass is 9.71. The zero-order valence-electron chi connectivity index (χ0n) is 11.8. The van der Waals surface area contributed by atoms with E-state index in [1.54, 1.807) is 0 Å². The standard InChI is InChI=1S/C15H26N2O.ClH/c16-11-15(6-2-1-3-7-15)9-14(18)17-10-12-4-5-13(17)8-12;/h12-13H,1-11,16H2;1H. The van der Waals surface area contributed by atoms with E-state index in [4.69, 9.17) is 5.73 Å². The average Bonchev–Trinajstić information content (AvgIpc) is 3.02. The summed E-state index contributed by atoms with van der Waals surface area (Å²) in [5.74, 6) is 1.20. The molecule has 3 fully saturated rings. The highest BCUT2D eigenvalue weighted by molar-refractivity contribution is 5.85. The molecule has 19 heavy (non-hydrogen) atoms. The summed E-state index contributed by atoms with van der Waals surface area (Å²) in [6.45, 7) is 1.73. The number of carbonyl (C=O) groups is 1. The fourth-order valence-electron chi connectivity index (χ4n) is 4.41. The van der Waals surface area contributed by atoms with E-state index in [1.165, 1.54) is 38.5 Å². The number of nitrogens with two attached hydrogens (primary N) is 1. The van der Waals surface area contributed by atoms with Gasteiger partial charge in [0.2, 0.25) is 5.91 Å². The molecule has 1 saturated heterocycles. The van der Waals surface area contributed by atoms with Gasteiger partial charge in [-0.1, -0.05) is 19.3 Å². The second kappa shape index (κ2) is 6.01. The van der Waals surface area contributed by atoms with Crippen LogP contribution in [0.25, 0.3) is 0 Å². The number of hydrogen-bond acceptors (Lipinski definition) is 2. The Labute approximate surface area is 122 Å². The lowest BCUT2D eigenvalue weighted by Crippen LogP contribution is -2.43. The third-order valence-electron chi connectivity index (χ3n) is 5.60. The van der Waals surface area contributed by atoms with Gasteiger partial charge in [0.15, 0.2) is 0 Å². The quantitative estimate of drug-likeness (QED) is 0.867. The van der Waals surface area contributed by atoms with E-state index in [2.05, 4.69) is 4.90 Å². The molecule has 3 nitrogen and oxygen atoms in total. The van der Waals surface area contributed by atoms with Gasteiger partial charge in [-0.2, -0.15) is 0 Å². The minimum atomic E-state index is 0. The Morgan fingerprint density at radius 3 is 2.47 bits per heavy atom. The molecule has 3 rings (SSSR count). The smallest absolute Gasteiger partial charge is 0.223 e. The first kappa shape index (κ1) is 15.1. The van der Waals surface area contributed by atoms with Crippen LogP contribution < -0.4 is 5.73 Å². The maximum absolute atomic E-state index is 12.5. The van der Waals surface area contributed by atoms with E-state index >= 15 is 0 Å². The van der Waals surface area contributed by atoms with Gasteiger partial charge < -0.3 is 10.6 Å². The van der Waals surface area contributed by atoms with Crippen LogP contribution in [0.2, 0.25) is 0 Å². The minimum Gasteiger partial charge on any atom is -0.339 e. The molecule has 3 aliphatic rings. The van der Waals surface area contributed by atoms with Crippen LogP contribution in [-0.4, -0.2) is 29.9 Å². The molecule has 110 valence electrons. The fourth-order valence-corrected chi connectivity index (χ4v) is 4.41. The summed E-state index contributed by atoms with van der Waals surface area (Å²) in [5, 5.41) is 0. The van der Waals surface area contributed by atoms with E-state index in [0.717, 1.165) is 25.3 Å². The van der Waals surface area contributed by atoms with Crippen LogP contribution in [0.4, 0.5) is 0 Å². The van der Waals surface area contributed by atoms with Crippen LogP contribution in [-0.2, 0) is 4.79 Å². The molecule has 2 aliphatic carbocycles. The number of rotatable bonds is 3. The highest BCUT2D eigenvalue weighted by Crippen LogP contribution is 2.42. The summed E-state index contributed by atoms with van der Waals surface area (Å²) in [6.07, 6.45) is 10.7. The van der Waals surface area contributed by atoms with Gasteiger partial charge in [0.05, 0.1) is 0 Å². The van der Waals surface area contributed by atoms with Gasteiger partial charge in [0, 0.05) is 19.0 Å². The zero-order chi connectivity index (χ0) is 12.6. The van der Waals surface area contributed by atoms with E-state index in [0.29, 0.717) is 24.9 Å².